The second kappa shape index (κ2) is 7.44. The molecule has 0 saturated carbocycles. The van der Waals surface area contributed by atoms with Crippen LogP contribution in [0.4, 0.5) is 0 Å². The number of hydrogen-bond acceptors (Lipinski definition) is 5. The van der Waals surface area contributed by atoms with Crippen molar-refractivity contribution in [2.75, 3.05) is 14.2 Å². The Kier molecular flexibility index (Phi) is 5.35. The first-order valence-electron chi connectivity index (χ1n) is 6.97. The summed E-state index contributed by atoms with van der Waals surface area (Å²) in [5.41, 5.74) is 0.871. The molecule has 1 amide bonds. The van der Waals surface area contributed by atoms with E-state index in [1.54, 1.807) is 25.2 Å². The lowest BCUT2D eigenvalue weighted by Gasteiger charge is -2.18. The van der Waals surface area contributed by atoms with Crippen molar-refractivity contribution in [2.45, 2.75) is 25.9 Å². The van der Waals surface area contributed by atoms with E-state index in [1.165, 1.54) is 6.33 Å². The van der Waals surface area contributed by atoms with Crippen LogP contribution in [-0.2, 0) is 11.3 Å². The van der Waals surface area contributed by atoms with Gasteiger partial charge in [0.2, 0.25) is 5.91 Å². The maximum atomic E-state index is 12.0. The van der Waals surface area contributed by atoms with Gasteiger partial charge in [0.15, 0.2) is 0 Å². The van der Waals surface area contributed by atoms with Gasteiger partial charge < -0.3 is 14.8 Å². The summed E-state index contributed by atoms with van der Waals surface area (Å²) < 4.78 is 12.2. The predicted octanol–water partition coefficient (Wildman–Crippen LogP) is 1.56. The third-order valence-corrected chi connectivity index (χ3v) is 3.32. The Morgan fingerprint density at radius 2 is 2.18 bits per heavy atom. The molecule has 0 aliphatic heterocycles. The molecule has 0 spiro atoms. The molecule has 1 aromatic carbocycles. The molecule has 1 heterocycles. The number of nitrogens with one attached hydrogen (secondary N) is 1. The summed E-state index contributed by atoms with van der Waals surface area (Å²) in [5, 5.41) is 6.91. The fraction of sp³-hybridized carbons (Fsp3) is 0.400. The van der Waals surface area contributed by atoms with Crippen LogP contribution in [0.2, 0.25) is 0 Å². The van der Waals surface area contributed by atoms with Gasteiger partial charge in [-0.3, -0.25) is 9.48 Å². The number of carbonyl (C=O) groups excluding carboxylic acids is 1. The molecule has 0 radical (unpaired) electrons. The highest BCUT2D eigenvalue weighted by Gasteiger charge is 2.15. The molecular formula is C15H20N4O3. The molecule has 7 nitrogen and oxygen atoms in total. The first kappa shape index (κ1) is 15.8. The molecule has 1 N–H and O–H groups in total. The number of nitrogens with zero attached hydrogens (tertiary/aromatic N) is 3. The van der Waals surface area contributed by atoms with Crippen LogP contribution in [0.1, 0.15) is 24.9 Å². The van der Waals surface area contributed by atoms with Gasteiger partial charge in [0.05, 0.1) is 26.8 Å². The van der Waals surface area contributed by atoms with Gasteiger partial charge in [-0.25, -0.2) is 4.98 Å². The largest absolute Gasteiger partial charge is 0.497 e. The highest BCUT2D eigenvalue weighted by Crippen LogP contribution is 2.29. The first-order chi connectivity index (χ1) is 10.6. The first-order valence-corrected chi connectivity index (χ1v) is 6.97. The summed E-state index contributed by atoms with van der Waals surface area (Å²) in [7, 11) is 3.21. The fourth-order valence-electron chi connectivity index (χ4n) is 2.13. The Hall–Kier alpha value is -2.57. The van der Waals surface area contributed by atoms with Crippen LogP contribution < -0.4 is 14.8 Å². The van der Waals surface area contributed by atoms with E-state index >= 15 is 0 Å². The molecule has 7 heteroatoms. The second-order valence-corrected chi connectivity index (χ2v) is 4.81. The molecule has 118 valence electrons. The van der Waals surface area contributed by atoms with Crippen molar-refractivity contribution in [1.82, 2.24) is 20.1 Å². The molecule has 0 unspecified atom stereocenters. The Bertz CT molecular complexity index is 613. The van der Waals surface area contributed by atoms with Gasteiger partial charge in [-0.05, 0) is 25.1 Å². The zero-order chi connectivity index (χ0) is 15.9. The minimum atomic E-state index is -0.187. The van der Waals surface area contributed by atoms with Gasteiger partial charge >= 0.3 is 0 Å². The van der Waals surface area contributed by atoms with Crippen molar-refractivity contribution < 1.29 is 14.3 Å². The quantitative estimate of drug-likeness (QED) is 0.840. The number of benzene rings is 1. The SMILES string of the molecule is COc1ccc(OC)c([C@@H](C)NC(=O)CCn2cncn2)c1. The molecule has 2 aromatic rings. The van der Waals surface area contributed by atoms with Gasteiger partial charge in [-0.1, -0.05) is 0 Å². The molecule has 22 heavy (non-hydrogen) atoms. The van der Waals surface area contributed by atoms with Gasteiger partial charge in [-0.15, -0.1) is 0 Å². The number of aromatic nitrogens is 3. The number of ether oxygens (including phenoxy) is 2. The molecule has 0 aliphatic rings. The van der Waals surface area contributed by atoms with Gasteiger partial charge in [0.25, 0.3) is 0 Å². The lowest BCUT2D eigenvalue weighted by Crippen LogP contribution is -2.27. The molecular weight excluding hydrogens is 284 g/mol. The normalized spacial score (nSPS) is 11.8. The Morgan fingerprint density at radius 3 is 2.82 bits per heavy atom. The summed E-state index contributed by atoms with van der Waals surface area (Å²) >= 11 is 0. The van der Waals surface area contributed by atoms with Crippen molar-refractivity contribution >= 4 is 5.91 Å². The van der Waals surface area contributed by atoms with Crippen molar-refractivity contribution in [2.24, 2.45) is 0 Å². The lowest BCUT2D eigenvalue weighted by molar-refractivity contribution is -0.122. The van der Waals surface area contributed by atoms with Crippen molar-refractivity contribution in [3.8, 4) is 11.5 Å². The molecule has 0 fully saturated rings. The zero-order valence-electron chi connectivity index (χ0n) is 12.9. The van der Waals surface area contributed by atoms with Crippen molar-refractivity contribution in [3.63, 3.8) is 0 Å². The summed E-state index contributed by atoms with van der Waals surface area (Å²) in [6.07, 6.45) is 3.36. The molecule has 1 aromatic heterocycles. The molecule has 2 rings (SSSR count). The second-order valence-electron chi connectivity index (χ2n) is 4.81. The number of aryl methyl sites for hydroxylation is 1. The van der Waals surface area contributed by atoms with Gasteiger partial charge in [0.1, 0.15) is 24.2 Å². The predicted molar refractivity (Wildman–Crippen MR) is 80.7 cm³/mol. The van der Waals surface area contributed by atoms with Crippen molar-refractivity contribution in [1.29, 1.82) is 0 Å². The van der Waals surface area contributed by atoms with Crippen LogP contribution in [-0.4, -0.2) is 34.9 Å². The number of rotatable bonds is 7. The number of amides is 1. The van der Waals surface area contributed by atoms with Crippen LogP contribution in [0.25, 0.3) is 0 Å². The maximum absolute atomic E-state index is 12.0. The van der Waals surface area contributed by atoms with E-state index in [2.05, 4.69) is 15.4 Å². The fourth-order valence-corrected chi connectivity index (χ4v) is 2.13. The van der Waals surface area contributed by atoms with Gasteiger partial charge in [-0.2, -0.15) is 5.10 Å². The third-order valence-electron chi connectivity index (χ3n) is 3.32. The molecule has 0 bridgehead atoms. The summed E-state index contributed by atoms with van der Waals surface area (Å²) in [5.74, 6) is 1.37. The van der Waals surface area contributed by atoms with E-state index in [4.69, 9.17) is 9.47 Å². The van der Waals surface area contributed by atoms with E-state index in [-0.39, 0.29) is 11.9 Å². The summed E-state index contributed by atoms with van der Waals surface area (Å²) in [6, 6.07) is 5.32. The van der Waals surface area contributed by atoms with Crippen LogP contribution in [0.15, 0.2) is 30.9 Å². The van der Waals surface area contributed by atoms with Crippen LogP contribution in [0.5, 0.6) is 11.5 Å². The van der Waals surface area contributed by atoms with E-state index in [1.807, 2.05) is 25.1 Å². The standard InChI is InChI=1S/C15H20N4O3/c1-11(13-8-12(21-2)4-5-14(13)22-3)18-15(20)6-7-19-10-16-9-17-19/h4-5,8-11H,6-7H2,1-3H3,(H,18,20)/t11-/m1/s1. The van der Waals surface area contributed by atoms with Crippen LogP contribution >= 0.6 is 0 Å². The van der Waals surface area contributed by atoms with Gasteiger partial charge in [0, 0.05) is 12.0 Å². The highest BCUT2D eigenvalue weighted by atomic mass is 16.5. The molecule has 0 aliphatic carbocycles. The summed E-state index contributed by atoms with van der Waals surface area (Å²) in [6.45, 7) is 2.40. The number of methoxy groups -OCH3 is 2. The maximum Gasteiger partial charge on any atom is 0.222 e. The number of carbonyl (C=O) groups is 1. The van der Waals surface area contributed by atoms with Crippen LogP contribution in [0, 0.1) is 0 Å². The lowest BCUT2D eigenvalue weighted by atomic mass is 10.1. The van der Waals surface area contributed by atoms with E-state index in [9.17, 15) is 4.79 Å². The molecule has 0 saturated heterocycles. The minimum Gasteiger partial charge on any atom is -0.497 e. The highest BCUT2D eigenvalue weighted by molar-refractivity contribution is 5.76. The van der Waals surface area contributed by atoms with Crippen molar-refractivity contribution in [3.05, 3.63) is 36.4 Å². The Balaban J connectivity index is 1.98. The minimum absolute atomic E-state index is 0.0622. The van der Waals surface area contributed by atoms with E-state index in [0.717, 1.165) is 11.3 Å². The van der Waals surface area contributed by atoms with E-state index in [0.29, 0.717) is 18.7 Å². The zero-order valence-corrected chi connectivity index (χ0v) is 12.9. The Labute approximate surface area is 129 Å². The van der Waals surface area contributed by atoms with Crippen LogP contribution in [0.3, 0.4) is 0 Å². The molecule has 1 atom stereocenters. The topological polar surface area (TPSA) is 78.3 Å². The third kappa shape index (κ3) is 3.97. The van der Waals surface area contributed by atoms with E-state index < -0.39 is 0 Å². The monoisotopic (exact) mass is 304 g/mol. The number of hydrogen-bond donors (Lipinski definition) is 1. The average Bonchev–Trinajstić information content (AvgIpc) is 3.05. The average molecular weight is 304 g/mol. The summed E-state index contributed by atoms with van der Waals surface area (Å²) in [4.78, 5) is 15.9. The Morgan fingerprint density at radius 1 is 1.36 bits per heavy atom. The smallest absolute Gasteiger partial charge is 0.222 e.